The van der Waals surface area contributed by atoms with Crippen LogP contribution in [0.4, 0.5) is 4.39 Å². The number of rotatable bonds is 2. The van der Waals surface area contributed by atoms with Gasteiger partial charge in [0.05, 0.1) is 11.7 Å². The SMILES string of the molecule is O=C(c1cncc(F)c1)c1cccc2cccnc12. The van der Waals surface area contributed by atoms with Crippen molar-refractivity contribution in [2.45, 2.75) is 0 Å². The first kappa shape index (κ1) is 11.5. The lowest BCUT2D eigenvalue weighted by atomic mass is 10.0. The number of ketones is 1. The summed E-state index contributed by atoms with van der Waals surface area (Å²) in [5.74, 6) is -0.810. The van der Waals surface area contributed by atoms with Crippen molar-refractivity contribution in [3.8, 4) is 0 Å². The topological polar surface area (TPSA) is 42.9 Å². The first-order valence-electron chi connectivity index (χ1n) is 5.75. The third-order valence-electron chi connectivity index (χ3n) is 2.84. The molecule has 0 aliphatic rings. The molecule has 2 aromatic heterocycles. The van der Waals surface area contributed by atoms with Gasteiger partial charge >= 0.3 is 0 Å². The average Bonchev–Trinajstić information content (AvgIpc) is 2.46. The summed E-state index contributed by atoms with van der Waals surface area (Å²) in [6.07, 6.45) is 4.05. The Labute approximate surface area is 108 Å². The maximum Gasteiger partial charge on any atom is 0.196 e. The fraction of sp³-hybridized carbons (Fsp3) is 0. The van der Waals surface area contributed by atoms with Crippen LogP contribution in [-0.2, 0) is 0 Å². The fourth-order valence-corrected chi connectivity index (χ4v) is 1.98. The summed E-state index contributed by atoms with van der Waals surface area (Å²) in [6.45, 7) is 0. The summed E-state index contributed by atoms with van der Waals surface area (Å²) in [6, 6.07) is 10.2. The first-order valence-corrected chi connectivity index (χ1v) is 5.75. The predicted molar refractivity (Wildman–Crippen MR) is 69.4 cm³/mol. The molecule has 3 aromatic rings. The van der Waals surface area contributed by atoms with E-state index in [4.69, 9.17) is 0 Å². The van der Waals surface area contributed by atoms with Crippen LogP contribution in [0.1, 0.15) is 15.9 Å². The van der Waals surface area contributed by atoms with Crippen LogP contribution in [0.5, 0.6) is 0 Å². The zero-order valence-corrected chi connectivity index (χ0v) is 9.88. The number of halogens is 1. The Balaban J connectivity index is 2.17. The molecule has 4 heteroatoms. The van der Waals surface area contributed by atoms with E-state index in [1.54, 1.807) is 24.4 Å². The van der Waals surface area contributed by atoms with Gasteiger partial charge in [-0.3, -0.25) is 14.8 Å². The minimum absolute atomic E-state index is 0.221. The van der Waals surface area contributed by atoms with Crippen molar-refractivity contribution in [3.05, 3.63) is 71.9 Å². The van der Waals surface area contributed by atoms with Crippen LogP contribution in [0.2, 0.25) is 0 Å². The minimum Gasteiger partial charge on any atom is -0.288 e. The Morgan fingerprint density at radius 1 is 1.11 bits per heavy atom. The number of carbonyl (C=O) groups excluding carboxylic acids is 1. The highest BCUT2D eigenvalue weighted by molar-refractivity contribution is 6.15. The van der Waals surface area contributed by atoms with E-state index in [2.05, 4.69) is 9.97 Å². The zero-order chi connectivity index (χ0) is 13.2. The van der Waals surface area contributed by atoms with Crippen molar-refractivity contribution in [2.24, 2.45) is 0 Å². The van der Waals surface area contributed by atoms with Crippen molar-refractivity contribution >= 4 is 16.7 Å². The molecule has 2 heterocycles. The van der Waals surface area contributed by atoms with Crippen molar-refractivity contribution in [1.29, 1.82) is 0 Å². The van der Waals surface area contributed by atoms with Gasteiger partial charge in [0.25, 0.3) is 0 Å². The van der Waals surface area contributed by atoms with Crippen LogP contribution in [0, 0.1) is 5.82 Å². The van der Waals surface area contributed by atoms with Gasteiger partial charge < -0.3 is 0 Å². The highest BCUT2D eigenvalue weighted by atomic mass is 19.1. The van der Waals surface area contributed by atoms with Crippen molar-refractivity contribution in [1.82, 2.24) is 9.97 Å². The first-order chi connectivity index (χ1) is 9.25. The Kier molecular flexibility index (Phi) is 2.76. The number of hydrogen-bond acceptors (Lipinski definition) is 3. The molecular weight excluding hydrogens is 243 g/mol. The molecule has 0 radical (unpaired) electrons. The van der Waals surface area contributed by atoms with Gasteiger partial charge in [0, 0.05) is 28.9 Å². The van der Waals surface area contributed by atoms with Gasteiger partial charge in [-0.25, -0.2) is 4.39 Å². The predicted octanol–water partition coefficient (Wildman–Crippen LogP) is 3.00. The molecule has 0 unspecified atom stereocenters. The number of pyridine rings is 2. The Hall–Kier alpha value is -2.62. The fourth-order valence-electron chi connectivity index (χ4n) is 1.98. The molecule has 1 aromatic carbocycles. The maximum absolute atomic E-state index is 13.1. The maximum atomic E-state index is 13.1. The molecule has 3 rings (SSSR count). The highest BCUT2D eigenvalue weighted by Crippen LogP contribution is 2.19. The average molecular weight is 252 g/mol. The van der Waals surface area contributed by atoms with Gasteiger partial charge in [0.2, 0.25) is 0 Å². The van der Waals surface area contributed by atoms with Crippen LogP contribution in [0.25, 0.3) is 10.9 Å². The normalized spacial score (nSPS) is 10.6. The van der Waals surface area contributed by atoms with Gasteiger partial charge in [0.1, 0.15) is 5.82 Å². The van der Waals surface area contributed by atoms with Crippen molar-refractivity contribution in [3.63, 3.8) is 0 Å². The summed E-state index contributed by atoms with van der Waals surface area (Å²) in [5, 5.41) is 0.873. The van der Waals surface area contributed by atoms with Crippen molar-refractivity contribution < 1.29 is 9.18 Å². The zero-order valence-electron chi connectivity index (χ0n) is 9.88. The molecular formula is C15H9FN2O. The summed E-state index contributed by atoms with van der Waals surface area (Å²) < 4.78 is 13.1. The van der Waals surface area contributed by atoms with Crippen LogP contribution < -0.4 is 0 Å². The van der Waals surface area contributed by atoms with Crippen LogP contribution in [-0.4, -0.2) is 15.8 Å². The van der Waals surface area contributed by atoms with E-state index in [1.807, 2.05) is 12.1 Å². The van der Waals surface area contributed by atoms with Crippen LogP contribution >= 0.6 is 0 Å². The third kappa shape index (κ3) is 2.08. The van der Waals surface area contributed by atoms with Crippen molar-refractivity contribution in [2.75, 3.05) is 0 Å². The van der Waals surface area contributed by atoms with Gasteiger partial charge in [-0.05, 0) is 18.2 Å². The lowest BCUT2D eigenvalue weighted by molar-refractivity contribution is 0.103. The number of fused-ring (bicyclic) bond motifs is 1. The number of para-hydroxylation sites is 1. The number of carbonyl (C=O) groups is 1. The molecule has 0 spiro atoms. The van der Waals surface area contributed by atoms with E-state index in [-0.39, 0.29) is 11.3 Å². The van der Waals surface area contributed by atoms with E-state index in [0.29, 0.717) is 11.1 Å². The molecule has 0 aliphatic carbocycles. The highest BCUT2D eigenvalue weighted by Gasteiger charge is 2.14. The van der Waals surface area contributed by atoms with Gasteiger partial charge in [-0.2, -0.15) is 0 Å². The second-order valence-electron chi connectivity index (χ2n) is 4.10. The smallest absolute Gasteiger partial charge is 0.196 e. The summed E-state index contributed by atoms with van der Waals surface area (Å²) >= 11 is 0. The van der Waals surface area contributed by atoms with E-state index >= 15 is 0 Å². The van der Waals surface area contributed by atoms with E-state index in [9.17, 15) is 9.18 Å². The molecule has 0 saturated heterocycles. The second-order valence-corrected chi connectivity index (χ2v) is 4.10. The largest absolute Gasteiger partial charge is 0.288 e. The summed E-state index contributed by atoms with van der Waals surface area (Å²) in [7, 11) is 0. The van der Waals surface area contributed by atoms with Gasteiger partial charge in [0.15, 0.2) is 5.78 Å². The monoisotopic (exact) mass is 252 g/mol. The number of aromatic nitrogens is 2. The Morgan fingerprint density at radius 3 is 2.79 bits per heavy atom. The number of hydrogen-bond donors (Lipinski definition) is 0. The number of benzene rings is 1. The van der Waals surface area contributed by atoms with Gasteiger partial charge in [-0.15, -0.1) is 0 Å². The Bertz CT molecular complexity index is 765. The lowest BCUT2D eigenvalue weighted by Crippen LogP contribution is -2.04. The molecule has 0 fully saturated rings. The van der Waals surface area contributed by atoms with Crippen LogP contribution in [0.15, 0.2) is 55.0 Å². The molecule has 0 atom stereocenters. The molecule has 3 nitrogen and oxygen atoms in total. The van der Waals surface area contributed by atoms with E-state index in [1.165, 1.54) is 12.3 Å². The standard InChI is InChI=1S/C15H9FN2O/c16-12-7-11(8-17-9-12)15(19)13-5-1-3-10-4-2-6-18-14(10)13/h1-9H. The van der Waals surface area contributed by atoms with E-state index < -0.39 is 5.82 Å². The lowest BCUT2D eigenvalue weighted by Gasteiger charge is -2.04. The molecule has 0 N–H and O–H groups in total. The molecule has 0 amide bonds. The summed E-state index contributed by atoms with van der Waals surface area (Å²) in [5.41, 5.74) is 1.28. The Morgan fingerprint density at radius 2 is 1.95 bits per heavy atom. The molecule has 19 heavy (non-hydrogen) atoms. The molecule has 0 bridgehead atoms. The quantitative estimate of drug-likeness (QED) is 0.658. The van der Waals surface area contributed by atoms with Crippen LogP contribution in [0.3, 0.4) is 0 Å². The third-order valence-corrected chi connectivity index (χ3v) is 2.84. The van der Waals surface area contributed by atoms with E-state index in [0.717, 1.165) is 11.6 Å². The number of nitrogens with zero attached hydrogens (tertiary/aromatic N) is 2. The summed E-state index contributed by atoms with van der Waals surface area (Å²) in [4.78, 5) is 20.3. The second kappa shape index (κ2) is 4.57. The molecule has 0 aliphatic heterocycles. The molecule has 0 saturated carbocycles. The molecule has 92 valence electrons. The van der Waals surface area contributed by atoms with Gasteiger partial charge in [-0.1, -0.05) is 18.2 Å². The minimum atomic E-state index is -0.529.